The van der Waals surface area contributed by atoms with Gasteiger partial charge in [-0.05, 0) is 23.3 Å². The van der Waals surface area contributed by atoms with E-state index in [1.165, 1.54) is 11.3 Å². The molecule has 0 radical (unpaired) electrons. The van der Waals surface area contributed by atoms with Crippen LogP contribution in [0.4, 0.5) is 0 Å². The third kappa shape index (κ3) is 5.73. The number of hydrogen-bond acceptors (Lipinski definition) is 8. The molecule has 4 rings (SSSR count). The second-order valence-corrected chi connectivity index (χ2v) is 9.48. The SMILES string of the molecule is O=C(O)CCNS(=O)(=O)NCc1nnc(Cc2nc3ccc(-c4ccccc4)cc3s2)o1. The summed E-state index contributed by atoms with van der Waals surface area (Å²) in [6.07, 6.45) is 0.0112. The Morgan fingerprint density at radius 2 is 1.81 bits per heavy atom. The van der Waals surface area contributed by atoms with Gasteiger partial charge in [0.15, 0.2) is 0 Å². The van der Waals surface area contributed by atoms with Crippen LogP contribution in [0.15, 0.2) is 52.9 Å². The molecule has 0 aliphatic rings. The van der Waals surface area contributed by atoms with Crippen LogP contribution in [0.3, 0.4) is 0 Å². The molecule has 0 bridgehead atoms. The minimum absolute atomic E-state index is 0.0936. The summed E-state index contributed by atoms with van der Waals surface area (Å²) in [5, 5.41) is 17.2. The van der Waals surface area contributed by atoms with E-state index in [1.54, 1.807) is 0 Å². The number of carboxylic acids is 1. The summed E-state index contributed by atoms with van der Waals surface area (Å²) >= 11 is 1.53. The summed E-state index contributed by atoms with van der Waals surface area (Å²) in [4.78, 5) is 15.1. The molecule has 2 aromatic carbocycles. The predicted octanol–water partition coefficient (Wildman–Crippen LogP) is 2.34. The van der Waals surface area contributed by atoms with Crippen molar-refractivity contribution in [2.24, 2.45) is 0 Å². The summed E-state index contributed by atoms with van der Waals surface area (Å²) in [7, 11) is -3.87. The van der Waals surface area contributed by atoms with E-state index in [0.717, 1.165) is 26.4 Å². The Bertz CT molecular complexity index is 1330. The maximum absolute atomic E-state index is 11.8. The third-order valence-corrected chi connectivity index (χ3v) is 6.52. The van der Waals surface area contributed by atoms with Crippen LogP contribution in [-0.4, -0.2) is 41.2 Å². The summed E-state index contributed by atoms with van der Waals surface area (Å²) in [6.45, 7) is -0.432. The van der Waals surface area contributed by atoms with Crippen molar-refractivity contribution in [2.45, 2.75) is 19.4 Å². The van der Waals surface area contributed by atoms with E-state index in [1.807, 2.05) is 30.3 Å². The maximum Gasteiger partial charge on any atom is 0.304 e. The van der Waals surface area contributed by atoms with Gasteiger partial charge in [-0.15, -0.1) is 21.5 Å². The molecule has 0 fully saturated rings. The van der Waals surface area contributed by atoms with Crippen LogP contribution in [0.1, 0.15) is 23.2 Å². The number of carbonyl (C=O) groups is 1. The van der Waals surface area contributed by atoms with Gasteiger partial charge in [-0.1, -0.05) is 36.4 Å². The van der Waals surface area contributed by atoms with E-state index in [9.17, 15) is 13.2 Å². The van der Waals surface area contributed by atoms with E-state index >= 15 is 0 Å². The quantitative estimate of drug-likeness (QED) is 0.318. The van der Waals surface area contributed by atoms with Crippen LogP contribution >= 0.6 is 11.3 Å². The zero-order valence-electron chi connectivity index (χ0n) is 16.7. The molecule has 2 aromatic heterocycles. The van der Waals surface area contributed by atoms with Gasteiger partial charge in [0.2, 0.25) is 11.8 Å². The molecule has 0 atom stereocenters. The highest BCUT2D eigenvalue weighted by molar-refractivity contribution is 7.87. The molecule has 4 aromatic rings. The number of aromatic nitrogens is 3. The Labute approximate surface area is 187 Å². The number of nitrogens with zero attached hydrogens (tertiary/aromatic N) is 3. The van der Waals surface area contributed by atoms with Crippen LogP contribution in [-0.2, 0) is 28.0 Å². The number of carboxylic acid groups (broad SMARTS) is 1. The number of nitrogens with one attached hydrogen (secondary N) is 2. The van der Waals surface area contributed by atoms with E-state index in [4.69, 9.17) is 9.52 Å². The van der Waals surface area contributed by atoms with E-state index in [2.05, 4.69) is 42.8 Å². The molecule has 0 unspecified atom stereocenters. The van der Waals surface area contributed by atoms with Gasteiger partial charge in [-0.2, -0.15) is 13.1 Å². The fraction of sp³-hybridized carbons (Fsp3) is 0.200. The predicted molar refractivity (Wildman–Crippen MR) is 118 cm³/mol. The highest BCUT2D eigenvalue weighted by Gasteiger charge is 2.15. The van der Waals surface area contributed by atoms with Crippen molar-refractivity contribution in [1.82, 2.24) is 24.6 Å². The summed E-state index contributed by atoms with van der Waals surface area (Å²) in [6, 6.07) is 16.2. The average molecular weight is 474 g/mol. The van der Waals surface area contributed by atoms with E-state index in [-0.39, 0.29) is 25.4 Å². The molecular weight excluding hydrogens is 454 g/mol. The van der Waals surface area contributed by atoms with Gasteiger partial charge >= 0.3 is 5.97 Å². The molecule has 32 heavy (non-hydrogen) atoms. The molecule has 0 spiro atoms. The van der Waals surface area contributed by atoms with Crippen molar-refractivity contribution in [3.8, 4) is 11.1 Å². The zero-order valence-corrected chi connectivity index (χ0v) is 18.3. The third-order valence-electron chi connectivity index (χ3n) is 4.40. The number of aliphatic carboxylic acids is 1. The molecule has 0 saturated carbocycles. The van der Waals surface area contributed by atoms with Crippen molar-refractivity contribution in [3.05, 3.63) is 65.3 Å². The summed E-state index contributed by atoms with van der Waals surface area (Å²) in [5.41, 5.74) is 3.12. The van der Waals surface area contributed by atoms with E-state index in [0.29, 0.717) is 12.3 Å². The van der Waals surface area contributed by atoms with Crippen molar-refractivity contribution >= 4 is 37.7 Å². The standard InChI is InChI=1S/C20H19N5O5S2/c26-20(27)8-9-21-32(28,29)22-12-18-25-24-17(30-18)11-19-23-15-7-6-14(10-16(15)31-19)13-4-2-1-3-5-13/h1-7,10,21-22H,8-9,11-12H2,(H,26,27). The first-order valence-electron chi connectivity index (χ1n) is 9.60. The Kier molecular flexibility index (Phi) is 6.55. The Hall–Kier alpha value is -3.19. The molecule has 0 aliphatic heterocycles. The lowest BCUT2D eigenvalue weighted by Gasteiger charge is -2.04. The fourth-order valence-electron chi connectivity index (χ4n) is 2.92. The van der Waals surface area contributed by atoms with Crippen molar-refractivity contribution in [1.29, 1.82) is 0 Å². The topological polar surface area (TPSA) is 147 Å². The van der Waals surface area contributed by atoms with Crippen LogP contribution in [0.25, 0.3) is 21.3 Å². The number of rotatable bonds is 10. The highest BCUT2D eigenvalue weighted by Crippen LogP contribution is 2.29. The average Bonchev–Trinajstić information content (AvgIpc) is 3.38. The molecule has 0 saturated heterocycles. The molecular formula is C20H19N5O5S2. The molecule has 0 amide bonds. The molecule has 166 valence electrons. The van der Waals surface area contributed by atoms with Gasteiger partial charge in [0.1, 0.15) is 5.01 Å². The number of benzene rings is 2. The first-order valence-corrected chi connectivity index (χ1v) is 11.9. The number of hydrogen-bond donors (Lipinski definition) is 3. The lowest BCUT2D eigenvalue weighted by Crippen LogP contribution is -2.37. The second-order valence-electron chi connectivity index (χ2n) is 6.79. The van der Waals surface area contributed by atoms with Crippen LogP contribution in [0.5, 0.6) is 0 Å². The second kappa shape index (κ2) is 9.53. The van der Waals surface area contributed by atoms with Gasteiger partial charge in [-0.3, -0.25) is 4.79 Å². The molecule has 0 aliphatic carbocycles. The van der Waals surface area contributed by atoms with Crippen LogP contribution in [0, 0.1) is 0 Å². The Balaban J connectivity index is 1.38. The lowest BCUT2D eigenvalue weighted by molar-refractivity contribution is -0.136. The number of thiazole rings is 1. The summed E-state index contributed by atoms with van der Waals surface area (Å²) < 4.78 is 34.5. The molecule has 10 nitrogen and oxygen atoms in total. The minimum Gasteiger partial charge on any atom is -0.481 e. The molecule has 3 N–H and O–H groups in total. The van der Waals surface area contributed by atoms with Crippen molar-refractivity contribution in [3.63, 3.8) is 0 Å². The highest BCUT2D eigenvalue weighted by atomic mass is 32.2. The van der Waals surface area contributed by atoms with Crippen LogP contribution in [0.2, 0.25) is 0 Å². The zero-order chi connectivity index (χ0) is 22.6. The van der Waals surface area contributed by atoms with Gasteiger partial charge in [-0.25, -0.2) is 9.71 Å². The van der Waals surface area contributed by atoms with Gasteiger partial charge < -0.3 is 9.52 Å². The monoisotopic (exact) mass is 473 g/mol. The van der Waals surface area contributed by atoms with Gasteiger partial charge in [0.25, 0.3) is 10.2 Å². The first kappa shape index (κ1) is 22.0. The summed E-state index contributed by atoms with van der Waals surface area (Å²) in [5.74, 6) is -0.683. The lowest BCUT2D eigenvalue weighted by atomic mass is 10.1. The van der Waals surface area contributed by atoms with Gasteiger partial charge in [0.05, 0.1) is 29.6 Å². The largest absolute Gasteiger partial charge is 0.481 e. The van der Waals surface area contributed by atoms with Crippen LogP contribution < -0.4 is 9.44 Å². The van der Waals surface area contributed by atoms with Gasteiger partial charge in [0, 0.05) is 6.54 Å². The first-order chi connectivity index (χ1) is 15.4. The van der Waals surface area contributed by atoms with Crippen molar-refractivity contribution in [2.75, 3.05) is 6.54 Å². The minimum atomic E-state index is -3.87. The number of fused-ring (bicyclic) bond motifs is 1. The molecule has 2 heterocycles. The fourth-order valence-corrected chi connectivity index (χ4v) is 4.70. The Morgan fingerprint density at radius 1 is 1.03 bits per heavy atom. The van der Waals surface area contributed by atoms with E-state index < -0.39 is 16.2 Å². The molecule has 12 heteroatoms. The normalized spacial score (nSPS) is 11.8. The maximum atomic E-state index is 11.8. The van der Waals surface area contributed by atoms with Crippen molar-refractivity contribution < 1.29 is 22.7 Å². The Morgan fingerprint density at radius 3 is 2.59 bits per heavy atom. The smallest absolute Gasteiger partial charge is 0.304 e.